The third-order valence-electron chi connectivity index (χ3n) is 3.67. The van der Waals surface area contributed by atoms with Crippen molar-refractivity contribution in [3.8, 4) is 0 Å². The van der Waals surface area contributed by atoms with Gasteiger partial charge in [-0.1, -0.05) is 44.2 Å². The van der Waals surface area contributed by atoms with Gasteiger partial charge in [-0.05, 0) is 42.2 Å². The molecule has 0 aliphatic rings. The van der Waals surface area contributed by atoms with Crippen molar-refractivity contribution in [2.75, 3.05) is 0 Å². The first-order valence-electron chi connectivity index (χ1n) is 6.96. The Labute approximate surface area is 131 Å². The molecule has 2 rings (SSSR count). The number of benzene rings is 2. The molecule has 2 aromatic carbocycles. The number of rotatable bonds is 5. The molecule has 22 heavy (non-hydrogen) atoms. The van der Waals surface area contributed by atoms with Crippen LogP contribution in [0, 0.1) is 0 Å². The third kappa shape index (κ3) is 2.94. The Morgan fingerprint density at radius 1 is 0.773 bits per heavy atom. The normalized spacial score (nSPS) is 13.7. The van der Waals surface area contributed by atoms with E-state index in [-0.39, 0.29) is 9.79 Å². The van der Waals surface area contributed by atoms with Crippen molar-refractivity contribution in [1.82, 2.24) is 0 Å². The van der Waals surface area contributed by atoms with Crippen LogP contribution in [0.4, 0.5) is 0 Å². The van der Waals surface area contributed by atoms with Crippen LogP contribution in [-0.2, 0) is 17.7 Å². The standard InChI is InChI=1S/C16H18O4S2/c1-3-13(2)14-9-11-16(12-10-14)22(19,20)21(17,18)15-7-5-4-6-8-15/h4-13H,3H2,1-2H3. The summed E-state index contributed by atoms with van der Waals surface area (Å²) < 4.78 is 49.5. The van der Waals surface area contributed by atoms with Gasteiger partial charge in [-0.25, -0.2) is 16.8 Å². The van der Waals surface area contributed by atoms with Crippen LogP contribution in [0.15, 0.2) is 64.4 Å². The van der Waals surface area contributed by atoms with Crippen LogP contribution >= 0.6 is 0 Å². The molecule has 0 aromatic heterocycles. The fourth-order valence-corrected chi connectivity index (χ4v) is 5.69. The predicted octanol–water partition coefficient (Wildman–Crippen LogP) is 3.36. The monoisotopic (exact) mass is 338 g/mol. The van der Waals surface area contributed by atoms with Gasteiger partial charge in [0, 0.05) is 0 Å². The van der Waals surface area contributed by atoms with E-state index in [1.807, 2.05) is 13.8 Å². The highest BCUT2D eigenvalue weighted by Crippen LogP contribution is 2.26. The molecular weight excluding hydrogens is 320 g/mol. The van der Waals surface area contributed by atoms with Crippen molar-refractivity contribution in [3.05, 3.63) is 60.2 Å². The molecule has 0 radical (unpaired) electrons. The van der Waals surface area contributed by atoms with E-state index in [1.54, 1.807) is 18.2 Å². The Morgan fingerprint density at radius 2 is 1.23 bits per heavy atom. The first-order chi connectivity index (χ1) is 10.3. The van der Waals surface area contributed by atoms with Crippen molar-refractivity contribution in [3.63, 3.8) is 0 Å². The van der Waals surface area contributed by atoms with E-state index in [0.29, 0.717) is 5.92 Å². The smallest absolute Gasteiger partial charge is 0.207 e. The van der Waals surface area contributed by atoms with Gasteiger partial charge in [-0.2, -0.15) is 0 Å². The minimum Gasteiger partial charge on any atom is -0.207 e. The fourth-order valence-electron chi connectivity index (χ4n) is 2.04. The van der Waals surface area contributed by atoms with Gasteiger partial charge in [0.1, 0.15) is 0 Å². The first-order valence-corrected chi connectivity index (χ1v) is 10.4. The minimum atomic E-state index is -4.47. The summed E-state index contributed by atoms with van der Waals surface area (Å²) in [5.74, 6) is 0.294. The lowest BCUT2D eigenvalue weighted by atomic mass is 9.99. The molecule has 0 spiro atoms. The van der Waals surface area contributed by atoms with Crippen LogP contribution in [0.3, 0.4) is 0 Å². The molecule has 2 aromatic rings. The molecule has 0 saturated heterocycles. The molecule has 0 aliphatic heterocycles. The van der Waals surface area contributed by atoms with E-state index >= 15 is 0 Å². The SMILES string of the molecule is CCC(C)c1ccc(S(=O)(=O)S(=O)(=O)c2ccccc2)cc1. The Hall–Kier alpha value is -1.66. The maximum absolute atomic E-state index is 12.4. The molecule has 0 heterocycles. The highest BCUT2D eigenvalue weighted by Gasteiger charge is 2.33. The largest absolute Gasteiger partial charge is 0.286 e. The van der Waals surface area contributed by atoms with Crippen molar-refractivity contribution in [1.29, 1.82) is 0 Å². The molecule has 0 amide bonds. The zero-order valence-electron chi connectivity index (χ0n) is 12.4. The van der Waals surface area contributed by atoms with Gasteiger partial charge in [0.25, 0.3) is 17.7 Å². The Morgan fingerprint density at radius 3 is 1.68 bits per heavy atom. The fraction of sp³-hybridized carbons (Fsp3) is 0.250. The second kappa shape index (κ2) is 6.22. The average molecular weight is 338 g/mol. The van der Waals surface area contributed by atoms with Gasteiger partial charge in [0.05, 0.1) is 9.79 Å². The van der Waals surface area contributed by atoms with E-state index < -0.39 is 17.7 Å². The molecule has 0 fully saturated rings. The van der Waals surface area contributed by atoms with Gasteiger partial charge in [-0.3, -0.25) is 0 Å². The van der Waals surface area contributed by atoms with Crippen LogP contribution < -0.4 is 0 Å². The molecule has 1 unspecified atom stereocenters. The van der Waals surface area contributed by atoms with E-state index in [2.05, 4.69) is 0 Å². The second-order valence-electron chi connectivity index (χ2n) is 5.10. The lowest BCUT2D eigenvalue weighted by Crippen LogP contribution is -2.16. The molecule has 4 nitrogen and oxygen atoms in total. The summed E-state index contributed by atoms with van der Waals surface area (Å²) in [6.45, 7) is 4.07. The Kier molecular flexibility index (Phi) is 4.72. The topological polar surface area (TPSA) is 68.3 Å². The highest BCUT2D eigenvalue weighted by atomic mass is 33.2. The summed E-state index contributed by atoms with van der Waals surface area (Å²) in [4.78, 5) is -0.426. The van der Waals surface area contributed by atoms with Crippen molar-refractivity contribution in [2.45, 2.75) is 36.0 Å². The third-order valence-corrected chi connectivity index (χ3v) is 8.84. The highest BCUT2D eigenvalue weighted by molar-refractivity contribution is 8.67. The summed E-state index contributed by atoms with van der Waals surface area (Å²) in [7, 11) is -8.93. The molecule has 6 heteroatoms. The van der Waals surface area contributed by atoms with Crippen LogP contribution in [0.1, 0.15) is 31.7 Å². The lowest BCUT2D eigenvalue weighted by molar-refractivity contribution is 0.582. The molecule has 0 bridgehead atoms. The maximum Gasteiger partial charge on any atom is 0.286 e. The zero-order valence-corrected chi connectivity index (χ0v) is 14.1. The second-order valence-corrected chi connectivity index (χ2v) is 10.5. The summed E-state index contributed by atoms with van der Waals surface area (Å²) >= 11 is 0. The Balaban J connectivity index is 2.47. The zero-order chi connectivity index (χ0) is 16.4. The van der Waals surface area contributed by atoms with Crippen LogP contribution in [0.5, 0.6) is 0 Å². The summed E-state index contributed by atoms with van der Waals surface area (Å²) in [5.41, 5.74) is 0.985. The number of hydrogen-bond donors (Lipinski definition) is 0. The van der Waals surface area contributed by atoms with E-state index in [9.17, 15) is 16.8 Å². The van der Waals surface area contributed by atoms with Crippen molar-refractivity contribution in [2.24, 2.45) is 0 Å². The van der Waals surface area contributed by atoms with E-state index in [0.717, 1.165) is 12.0 Å². The lowest BCUT2D eigenvalue weighted by Gasteiger charge is -2.10. The van der Waals surface area contributed by atoms with Gasteiger partial charge in [0.2, 0.25) is 0 Å². The maximum atomic E-state index is 12.4. The Bertz CT molecular complexity index is 837. The molecule has 118 valence electrons. The predicted molar refractivity (Wildman–Crippen MR) is 86.0 cm³/mol. The quantitative estimate of drug-likeness (QED) is 0.784. The molecule has 0 aliphatic carbocycles. The van der Waals surface area contributed by atoms with Gasteiger partial charge in [-0.15, -0.1) is 0 Å². The molecule has 0 N–H and O–H groups in total. The minimum absolute atomic E-state index is 0.205. The summed E-state index contributed by atoms with van der Waals surface area (Å²) in [6, 6.07) is 13.2. The van der Waals surface area contributed by atoms with Crippen LogP contribution in [-0.4, -0.2) is 16.8 Å². The van der Waals surface area contributed by atoms with Gasteiger partial charge >= 0.3 is 0 Å². The van der Waals surface area contributed by atoms with Crippen LogP contribution in [0.2, 0.25) is 0 Å². The molecular formula is C16H18O4S2. The van der Waals surface area contributed by atoms with Crippen molar-refractivity contribution >= 4 is 17.7 Å². The summed E-state index contributed by atoms with van der Waals surface area (Å²) in [6.07, 6.45) is 0.925. The first kappa shape index (κ1) is 16.7. The van der Waals surface area contributed by atoms with Gasteiger partial charge < -0.3 is 0 Å². The number of hydrogen-bond acceptors (Lipinski definition) is 4. The average Bonchev–Trinajstić information content (AvgIpc) is 2.54. The van der Waals surface area contributed by atoms with Crippen LogP contribution in [0.25, 0.3) is 0 Å². The van der Waals surface area contributed by atoms with E-state index in [4.69, 9.17) is 0 Å². The van der Waals surface area contributed by atoms with Crippen molar-refractivity contribution < 1.29 is 16.8 Å². The summed E-state index contributed by atoms with van der Waals surface area (Å²) in [5, 5.41) is 0. The van der Waals surface area contributed by atoms with E-state index in [1.165, 1.54) is 36.4 Å². The molecule has 0 saturated carbocycles. The van der Waals surface area contributed by atoms with Gasteiger partial charge in [0.15, 0.2) is 0 Å². The molecule has 1 atom stereocenters.